The van der Waals surface area contributed by atoms with Crippen LogP contribution >= 0.6 is 0 Å². The van der Waals surface area contributed by atoms with E-state index in [0.29, 0.717) is 5.69 Å². The molecule has 0 aliphatic carbocycles. The Hall–Kier alpha value is -3.04. The van der Waals surface area contributed by atoms with Crippen LogP contribution in [0.3, 0.4) is 0 Å². The molecule has 10 nitrogen and oxygen atoms in total. The van der Waals surface area contributed by atoms with Crippen LogP contribution in [0.5, 0.6) is 5.75 Å². The first-order valence-corrected chi connectivity index (χ1v) is 5.85. The van der Waals surface area contributed by atoms with Crippen LogP contribution in [0.1, 0.15) is 16.2 Å². The molecule has 0 unspecified atom stereocenters. The van der Waals surface area contributed by atoms with Gasteiger partial charge in [-0.05, 0) is 22.0 Å². The van der Waals surface area contributed by atoms with Gasteiger partial charge in [0.05, 0.1) is 12.7 Å². The molecule has 0 amide bonds. The minimum Gasteiger partial charge on any atom is -0.484 e. The lowest BCUT2D eigenvalue weighted by molar-refractivity contribution is -0.390. The Morgan fingerprint density at radius 1 is 1.52 bits per heavy atom. The molecular formula is C11H11N5O5. The number of rotatable bonds is 6. The van der Waals surface area contributed by atoms with Gasteiger partial charge < -0.3 is 20.0 Å². The number of nitro groups is 1. The second kappa shape index (κ2) is 5.94. The van der Waals surface area contributed by atoms with Crippen molar-refractivity contribution in [2.24, 2.45) is 0 Å². The van der Waals surface area contributed by atoms with Gasteiger partial charge in [0.2, 0.25) is 5.75 Å². The summed E-state index contributed by atoms with van der Waals surface area (Å²) in [6, 6.07) is 3.06. The van der Waals surface area contributed by atoms with Gasteiger partial charge in [0, 0.05) is 6.92 Å². The predicted molar refractivity (Wildman–Crippen MR) is 68.1 cm³/mol. The van der Waals surface area contributed by atoms with Gasteiger partial charge in [-0.3, -0.25) is 0 Å². The number of hydrogen-bond acceptors (Lipinski definition) is 7. The fourth-order valence-electron chi connectivity index (χ4n) is 1.53. The molecule has 21 heavy (non-hydrogen) atoms. The molecule has 0 radical (unpaired) electrons. The Labute approximate surface area is 118 Å². The number of nitrogens with zero attached hydrogens (tertiary/aromatic N) is 5. The summed E-state index contributed by atoms with van der Waals surface area (Å²) in [6.45, 7) is 1.90. The molecule has 2 rings (SSSR count). The van der Waals surface area contributed by atoms with Gasteiger partial charge in [-0.2, -0.15) is 0 Å². The lowest BCUT2D eigenvalue weighted by Gasteiger charge is -2.06. The van der Waals surface area contributed by atoms with Crippen LogP contribution in [0.25, 0.3) is 0 Å². The summed E-state index contributed by atoms with van der Waals surface area (Å²) in [5.41, 5.74) is 0.328. The Morgan fingerprint density at radius 3 is 2.90 bits per heavy atom. The first-order valence-electron chi connectivity index (χ1n) is 5.85. The summed E-state index contributed by atoms with van der Waals surface area (Å²) in [5.74, 6) is -1.50. The minimum atomic E-state index is -1.18. The number of carboxylic acids is 1. The smallest absolute Gasteiger partial charge is 0.406 e. The molecule has 0 atom stereocenters. The fourth-order valence-corrected chi connectivity index (χ4v) is 1.53. The Kier molecular flexibility index (Phi) is 4.07. The third kappa shape index (κ3) is 3.49. The van der Waals surface area contributed by atoms with Crippen molar-refractivity contribution >= 4 is 11.8 Å². The standard InChI is InChI=1S/C11H11N5O5/c1-7-2-3-9(10(12-7)16(19)20)21-5-4-15-6-8(11(17)18)13-14-15/h2-3,6H,4-5H2,1H3,(H,17,18). The fraction of sp³-hybridized carbons (Fsp3) is 0.273. The van der Waals surface area contributed by atoms with Crippen LogP contribution in [0.4, 0.5) is 5.82 Å². The zero-order valence-corrected chi connectivity index (χ0v) is 11.0. The highest BCUT2D eigenvalue weighted by Crippen LogP contribution is 2.24. The molecule has 0 aliphatic heterocycles. The summed E-state index contributed by atoms with van der Waals surface area (Å²) in [5, 5.41) is 26.6. The highest BCUT2D eigenvalue weighted by atomic mass is 16.6. The number of aromatic nitrogens is 4. The molecule has 0 saturated heterocycles. The molecular weight excluding hydrogens is 282 g/mol. The van der Waals surface area contributed by atoms with Crippen molar-refractivity contribution in [1.29, 1.82) is 0 Å². The van der Waals surface area contributed by atoms with Crippen molar-refractivity contribution in [3.63, 3.8) is 0 Å². The van der Waals surface area contributed by atoms with E-state index in [1.807, 2.05) is 0 Å². The second-order valence-corrected chi connectivity index (χ2v) is 4.05. The molecule has 1 N–H and O–H groups in total. The molecule has 0 bridgehead atoms. The lowest BCUT2D eigenvalue weighted by Crippen LogP contribution is -2.10. The highest BCUT2D eigenvalue weighted by Gasteiger charge is 2.17. The van der Waals surface area contributed by atoms with Crippen LogP contribution in [0, 0.1) is 17.0 Å². The van der Waals surface area contributed by atoms with E-state index in [1.165, 1.54) is 16.9 Å². The Balaban J connectivity index is 2.00. The quantitative estimate of drug-likeness (QED) is 0.606. The molecule has 2 aromatic rings. The zero-order chi connectivity index (χ0) is 15.4. The maximum absolute atomic E-state index is 10.9. The molecule has 10 heteroatoms. The van der Waals surface area contributed by atoms with Gasteiger partial charge in [0.1, 0.15) is 12.3 Å². The molecule has 2 heterocycles. The third-order valence-corrected chi connectivity index (χ3v) is 2.49. The van der Waals surface area contributed by atoms with E-state index in [9.17, 15) is 14.9 Å². The third-order valence-electron chi connectivity index (χ3n) is 2.49. The average molecular weight is 293 g/mol. The average Bonchev–Trinajstić information content (AvgIpc) is 2.89. The molecule has 0 aromatic carbocycles. The first-order chi connectivity index (χ1) is 9.97. The molecule has 0 spiro atoms. The van der Waals surface area contributed by atoms with Crippen LogP contribution < -0.4 is 4.74 Å². The molecule has 0 fully saturated rings. The SMILES string of the molecule is Cc1ccc(OCCn2cc(C(=O)O)nn2)c([N+](=O)[O-])n1. The van der Waals surface area contributed by atoms with Crippen molar-refractivity contribution in [2.45, 2.75) is 13.5 Å². The summed E-state index contributed by atoms with van der Waals surface area (Å²) >= 11 is 0. The molecule has 110 valence electrons. The zero-order valence-electron chi connectivity index (χ0n) is 11.0. The normalized spacial score (nSPS) is 10.3. The second-order valence-electron chi connectivity index (χ2n) is 4.05. The monoisotopic (exact) mass is 293 g/mol. The Bertz CT molecular complexity index is 683. The summed E-state index contributed by atoms with van der Waals surface area (Å²) in [7, 11) is 0. The Morgan fingerprint density at radius 2 is 2.29 bits per heavy atom. The molecule has 0 aliphatic rings. The van der Waals surface area contributed by atoms with E-state index < -0.39 is 10.9 Å². The number of carbonyl (C=O) groups is 1. The first kappa shape index (κ1) is 14.4. The van der Waals surface area contributed by atoms with E-state index >= 15 is 0 Å². The number of aromatic carboxylic acids is 1. The number of aryl methyl sites for hydroxylation is 1. The van der Waals surface area contributed by atoms with E-state index in [1.54, 1.807) is 13.0 Å². The largest absolute Gasteiger partial charge is 0.484 e. The van der Waals surface area contributed by atoms with E-state index in [2.05, 4.69) is 15.3 Å². The van der Waals surface area contributed by atoms with Crippen LogP contribution in [0.2, 0.25) is 0 Å². The minimum absolute atomic E-state index is 0.0455. The van der Waals surface area contributed by atoms with Crippen LogP contribution in [-0.4, -0.2) is 42.6 Å². The number of carboxylic acid groups (broad SMARTS) is 1. The van der Waals surface area contributed by atoms with Crippen molar-refractivity contribution in [1.82, 2.24) is 20.0 Å². The maximum atomic E-state index is 10.9. The van der Waals surface area contributed by atoms with Gasteiger partial charge in [-0.15, -0.1) is 5.10 Å². The predicted octanol–water partition coefficient (Wildman–Crippen LogP) is 0.667. The maximum Gasteiger partial charge on any atom is 0.406 e. The lowest BCUT2D eigenvalue weighted by atomic mass is 10.3. The summed E-state index contributed by atoms with van der Waals surface area (Å²) in [4.78, 5) is 24.7. The van der Waals surface area contributed by atoms with Gasteiger partial charge in [0.15, 0.2) is 5.69 Å². The van der Waals surface area contributed by atoms with Crippen LogP contribution in [0.15, 0.2) is 18.3 Å². The van der Waals surface area contributed by atoms with E-state index in [0.717, 1.165) is 0 Å². The highest BCUT2D eigenvalue weighted by molar-refractivity contribution is 5.84. The van der Waals surface area contributed by atoms with E-state index in [4.69, 9.17) is 9.84 Å². The molecule has 2 aromatic heterocycles. The number of ether oxygens (including phenoxy) is 1. The van der Waals surface area contributed by atoms with Crippen molar-refractivity contribution < 1.29 is 19.6 Å². The van der Waals surface area contributed by atoms with Crippen molar-refractivity contribution in [3.8, 4) is 5.75 Å². The van der Waals surface area contributed by atoms with Gasteiger partial charge in [-0.25, -0.2) is 9.48 Å². The van der Waals surface area contributed by atoms with Crippen molar-refractivity contribution in [2.75, 3.05) is 6.61 Å². The van der Waals surface area contributed by atoms with Gasteiger partial charge in [0.25, 0.3) is 0 Å². The summed E-state index contributed by atoms with van der Waals surface area (Å²) in [6.07, 6.45) is 1.24. The van der Waals surface area contributed by atoms with E-state index in [-0.39, 0.29) is 30.4 Å². The summed E-state index contributed by atoms with van der Waals surface area (Å²) < 4.78 is 6.56. The molecule has 0 saturated carbocycles. The van der Waals surface area contributed by atoms with Gasteiger partial charge >= 0.3 is 11.8 Å². The van der Waals surface area contributed by atoms with Gasteiger partial charge in [-0.1, -0.05) is 5.21 Å². The number of pyridine rings is 1. The number of hydrogen-bond donors (Lipinski definition) is 1. The topological polar surface area (TPSA) is 133 Å². The van der Waals surface area contributed by atoms with Crippen LogP contribution in [-0.2, 0) is 6.54 Å². The van der Waals surface area contributed by atoms with Crippen molar-refractivity contribution in [3.05, 3.63) is 39.8 Å².